The van der Waals surface area contributed by atoms with E-state index in [9.17, 15) is 26.0 Å². The van der Waals surface area contributed by atoms with Gasteiger partial charge in [0.25, 0.3) is 0 Å². The van der Waals surface area contributed by atoms with Crippen molar-refractivity contribution in [1.82, 2.24) is 14.7 Å². The molecule has 7 nitrogen and oxygen atoms in total. The fraction of sp³-hybridized carbons (Fsp3) is 0.200. The maximum atomic E-state index is 13.2. The molecule has 3 N–H and O–H groups in total. The number of nitrogens with one attached hydrogen (secondary N) is 3. The van der Waals surface area contributed by atoms with E-state index in [1.807, 2.05) is 6.92 Å². The Morgan fingerprint density at radius 3 is 2.22 bits per heavy atom. The molecule has 0 bridgehead atoms. The second-order valence-corrected chi connectivity index (χ2v) is 8.50. The number of anilines is 3. The van der Waals surface area contributed by atoms with Crippen LogP contribution in [0.25, 0.3) is 0 Å². The van der Waals surface area contributed by atoms with E-state index in [0.29, 0.717) is 11.8 Å². The Bertz CT molecular complexity index is 1170. The molecule has 3 rings (SSSR count). The number of hydrogen-bond donors (Lipinski definition) is 3. The second kappa shape index (κ2) is 9.49. The van der Waals surface area contributed by atoms with Crippen LogP contribution < -0.4 is 15.4 Å². The summed E-state index contributed by atoms with van der Waals surface area (Å²) < 4.78 is 79.6. The lowest BCUT2D eigenvalue weighted by Crippen LogP contribution is -2.29. The minimum absolute atomic E-state index is 0.0671. The van der Waals surface area contributed by atoms with Crippen molar-refractivity contribution < 1.29 is 26.0 Å². The quantitative estimate of drug-likeness (QED) is 0.340. The van der Waals surface area contributed by atoms with Crippen molar-refractivity contribution in [1.29, 1.82) is 0 Å². The van der Waals surface area contributed by atoms with Crippen LogP contribution in [0.1, 0.15) is 11.3 Å². The van der Waals surface area contributed by atoms with Crippen LogP contribution in [0.2, 0.25) is 0 Å². The second-order valence-electron chi connectivity index (χ2n) is 6.73. The van der Waals surface area contributed by atoms with Crippen LogP contribution in [-0.2, 0) is 16.2 Å². The minimum atomic E-state index is -4.73. The summed E-state index contributed by atoms with van der Waals surface area (Å²) in [6, 6.07) is 11.9. The van der Waals surface area contributed by atoms with Gasteiger partial charge >= 0.3 is 6.18 Å². The van der Waals surface area contributed by atoms with E-state index < -0.39 is 27.7 Å². The van der Waals surface area contributed by atoms with E-state index in [4.69, 9.17) is 0 Å². The Balaban J connectivity index is 1.68. The monoisotopic (exact) mass is 469 g/mol. The normalized spacial score (nSPS) is 11.9. The molecule has 0 fully saturated rings. The highest BCUT2D eigenvalue weighted by atomic mass is 32.2. The topological polar surface area (TPSA) is 96.0 Å². The first-order valence-electron chi connectivity index (χ1n) is 9.32. The number of halogens is 4. The third kappa shape index (κ3) is 6.37. The van der Waals surface area contributed by atoms with E-state index in [0.717, 1.165) is 17.7 Å². The highest BCUT2D eigenvalue weighted by molar-refractivity contribution is 7.89. The van der Waals surface area contributed by atoms with E-state index in [2.05, 4.69) is 25.3 Å². The van der Waals surface area contributed by atoms with Gasteiger partial charge in [0.05, 0.1) is 4.90 Å². The molecular weight excluding hydrogens is 450 g/mol. The van der Waals surface area contributed by atoms with Gasteiger partial charge in [-0.05, 0) is 43.3 Å². The molecule has 0 aliphatic carbocycles. The molecule has 12 heteroatoms. The molecule has 1 heterocycles. The van der Waals surface area contributed by atoms with Crippen molar-refractivity contribution in [2.75, 3.05) is 23.7 Å². The summed E-state index contributed by atoms with van der Waals surface area (Å²) in [4.78, 5) is 7.47. The van der Waals surface area contributed by atoms with Gasteiger partial charge in [-0.25, -0.2) is 22.5 Å². The predicted molar refractivity (Wildman–Crippen MR) is 112 cm³/mol. The number of aryl methyl sites for hydroxylation is 1. The standard InChI is InChI=1S/C20H19F4N5O2S/c1-13-2-8-16(9-3-13)32(30,31)26-11-10-25-19-28-17(20(22,23)24)12-18(29-19)27-15-6-4-14(21)5-7-15/h2-9,12,26H,10-11H2,1H3,(H2,25,27,28,29). The Morgan fingerprint density at radius 2 is 1.59 bits per heavy atom. The number of sulfonamides is 1. The van der Waals surface area contributed by atoms with E-state index in [1.54, 1.807) is 12.1 Å². The molecule has 1 aromatic heterocycles. The van der Waals surface area contributed by atoms with Crippen LogP contribution in [0.5, 0.6) is 0 Å². The zero-order valence-electron chi connectivity index (χ0n) is 16.7. The van der Waals surface area contributed by atoms with Crippen molar-refractivity contribution >= 4 is 27.5 Å². The van der Waals surface area contributed by atoms with Gasteiger partial charge in [0.15, 0.2) is 5.69 Å². The smallest absolute Gasteiger partial charge is 0.353 e. The number of hydrogen-bond acceptors (Lipinski definition) is 6. The molecule has 0 spiro atoms. The average Bonchev–Trinajstić information content (AvgIpc) is 2.72. The molecule has 2 aromatic carbocycles. The molecule has 0 saturated carbocycles. The number of aromatic nitrogens is 2. The molecule has 0 radical (unpaired) electrons. The first kappa shape index (κ1) is 23.4. The Labute approximate surface area is 182 Å². The van der Waals surface area contributed by atoms with Crippen molar-refractivity contribution in [3.05, 3.63) is 71.7 Å². The van der Waals surface area contributed by atoms with Gasteiger partial charge in [0.1, 0.15) is 11.6 Å². The fourth-order valence-electron chi connectivity index (χ4n) is 2.58. The fourth-order valence-corrected chi connectivity index (χ4v) is 3.61. The summed E-state index contributed by atoms with van der Waals surface area (Å²) in [6.07, 6.45) is -4.73. The van der Waals surface area contributed by atoms with Gasteiger partial charge in [-0.2, -0.15) is 18.2 Å². The van der Waals surface area contributed by atoms with Gasteiger partial charge in [-0.15, -0.1) is 0 Å². The highest BCUT2D eigenvalue weighted by Gasteiger charge is 2.33. The molecular formula is C20H19F4N5O2S. The lowest BCUT2D eigenvalue weighted by atomic mass is 10.2. The molecule has 0 amide bonds. The summed E-state index contributed by atoms with van der Waals surface area (Å²) in [7, 11) is -3.77. The van der Waals surface area contributed by atoms with Gasteiger partial charge in [-0.3, -0.25) is 0 Å². The maximum Gasteiger partial charge on any atom is 0.433 e. The summed E-state index contributed by atoms with van der Waals surface area (Å²) in [5.74, 6) is -1.01. The third-order valence-electron chi connectivity index (χ3n) is 4.16. The molecule has 0 unspecified atom stereocenters. The van der Waals surface area contributed by atoms with E-state index >= 15 is 0 Å². The zero-order valence-corrected chi connectivity index (χ0v) is 17.6. The molecule has 32 heavy (non-hydrogen) atoms. The lowest BCUT2D eigenvalue weighted by Gasteiger charge is -2.13. The number of benzene rings is 2. The largest absolute Gasteiger partial charge is 0.433 e. The lowest BCUT2D eigenvalue weighted by molar-refractivity contribution is -0.141. The molecule has 170 valence electrons. The zero-order chi connectivity index (χ0) is 23.4. The van der Waals surface area contributed by atoms with Crippen molar-refractivity contribution in [2.45, 2.75) is 18.0 Å². The third-order valence-corrected chi connectivity index (χ3v) is 5.64. The number of alkyl halides is 3. The van der Waals surface area contributed by atoms with E-state index in [-0.39, 0.29) is 29.8 Å². The van der Waals surface area contributed by atoms with Crippen LogP contribution >= 0.6 is 0 Å². The van der Waals surface area contributed by atoms with Crippen LogP contribution in [0.3, 0.4) is 0 Å². The Morgan fingerprint density at radius 1 is 0.938 bits per heavy atom. The summed E-state index contributed by atoms with van der Waals surface area (Å²) in [6.45, 7) is 1.64. The van der Waals surface area contributed by atoms with Crippen LogP contribution in [0.15, 0.2) is 59.5 Å². The highest BCUT2D eigenvalue weighted by Crippen LogP contribution is 2.30. The average molecular weight is 469 g/mol. The van der Waals surface area contributed by atoms with Crippen molar-refractivity contribution in [2.24, 2.45) is 0 Å². The van der Waals surface area contributed by atoms with Crippen LogP contribution in [0, 0.1) is 12.7 Å². The van der Waals surface area contributed by atoms with Crippen molar-refractivity contribution in [3.8, 4) is 0 Å². The number of nitrogens with zero attached hydrogens (tertiary/aromatic N) is 2. The number of rotatable bonds is 8. The van der Waals surface area contributed by atoms with Crippen LogP contribution in [-0.4, -0.2) is 31.5 Å². The first-order chi connectivity index (χ1) is 15.0. The molecule has 0 saturated heterocycles. The van der Waals surface area contributed by atoms with Gasteiger partial charge in [-0.1, -0.05) is 17.7 Å². The van der Waals surface area contributed by atoms with Gasteiger partial charge in [0.2, 0.25) is 16.0 Å². The summed E-state index contributed by atoms with van der Waals surface area (Å²) in [5.41, 5.74) is 0.0345. The summed E-state index contributed by atoms with van der Waals surface area (Å²) >= 11 is 0. The maximum absolute atomic E-state index is 13.2. The molecule has 0 aliphatic rings. The molecule has 0 aliphatic heterocycles. The minimum Gasteiger partial charge on any atom is -0.353 e. The SMILES string of the molecule is Cc1ccc(S(=O)(=O)NCCNc2nc(Nc3ccc(F)cc3)cc(C(F)(F)F)n2)cc1. The Hall–Kier alpha value is -3.25. The molecule has 0 atom stereocenters. The van der Waals surface area contributed by atoms with Crippen LogP contribution in [0.4, 0.5) is 35.0 Å². The van der Waals surface area contributed by atoms with Gasteiger partial charge in [0, 0.05) is 24.8 Å². The Kier molecular flexibility index (Phi) is 6.94. The predicted octanol–water partition coefficient (Wildman–Crippen LogP) is 4.08. The van der Waals surface area contributed by atoms with E-state index in [1.165, 1.54) is 24.3 Å². The van der Waals surface area contributed by atoms with Gasteiger partial charge < -0.3 is 10.6 Å². The van der Waals surface area contributed by atoms with Crippen molar-refractivity contribution in [3.63, 3.8) is 0 Å². The molecule has 3 aromatic rings. The summed E-state index contributed by atoms with van der Waals surface area (Å²) in [5, 5.41) is 5.23. The first-order valence-corrected chi connectivity index (χ1v) is 10.8.